The van der Waals surface area contributed by atoms with E-state index in [2.05, 4.69) is 32.9 Å². The Morgan fingerprint density at radius 2 is 1.95 bits per heavy atom. The van der Waals surface area contributed by atoms with Gasteiger partial charge >= 0.3 is 0 Å². The normalized spacial score (nSPS) is 10.3. The molecule has 1 aromatic heterocycles. The molecule has 0 saturated heterocycles. The second-order valence-corrected chi connectivity index (χ2v) is 5.72. The lowest BCUT2D eigenvalue weighted by Crippen LogP contribution is -2.07. The smallest absolute Gasteiger partial charge is 0.278 e. The van der Waals surface area contributed by atoms with Crippen molar-refractivity contribution in [1.82, 2.24) is 4.98 Å². The van der Waals surface area contributed by atoms with Crippen molar-refractivity contribution in [3.8, 4) is 0 Å². The maximum Gasteiger partial charge on any atom is 0.278 e. The summed E-state index contributed by atoms with van der Waals surface area (Å²) in [7, 11) is 0. The molecule has 20 heavy (non-hydrogen) atoms. The minimum Gasteiger partial charge on any atom is -0.379 e. The summed E-state index contributed by atoms with van der Waals surface area (Å²) < 4.78 is 1.16. The number of aryl methyl sites for hydroxylation is 1. The first-order valence-corrected chi connectivity index (χ1v) is 7.16. The molecule has 104 valence electrons. The van der Waals surface area contributed by atoms with Gasteiger partial charge in [0.1, 0.15) is 0 Å². The Morgan fingerprint density at radius 1 is 1.30 bits per heavy atom. The zero-order valence-corrected chi connectivity index (χ0v) is 13.3. The number of benzene rings is 1. The van der Waals surface area contributed by atoms with Crippen LogP contribution in [0.5, 0.6) is 0 Å². The zero-order valence-electron chi connectivity index (χ0n) is 11.2. The molecule has 0 aliphatic rings. The molecule has 0 unspecified atom stereocenters. The molecule has 1 N–H and O–H groups in total. The fourth-order valence-electron chi connectivity index (χ4n) is 1.98. The van der Waals surface area contributed by atoms with Crippen LogP contribution < -0.4 is 5.32 Å². The van der Waals surface area contributed by atoms with E-state index in [0.29, 0.717) is 23.4 Å². The topological polar surface area (TPSA) is 68.1 Å². The van der Waals surface area contributed by atoms with Crippen LogP contribution in [0, 0.1) is 27.5 Å². The number of nitrogens with zero attached hydrogens (tertiary/aromatic N) is 2. The average molecular weight is 383 g/mol. The van der Waals surface area contributed by atoms with E-state index in [0.717, 1.165) is 9.26 Å². The van der Waals surface area contributed by atoms with Gasteiger partial charge in [-0.3, -0.25) is 15.1 Å². The molecule has 0 spiro atoms. The lowest BCUT2D eigenvalue weighted by Gasteiger charge is -2.09. The molecular weight excluding hydrogens is 369 g/mol. The molecule has 0 bridgehead atoms. The van der Waals surface area contributed by atoms with Crippen LogP contribution in [-0.4, -0.2) is 9.91 Å². The first-order chi connectivity index (χ1) is 9.49. The summed E-state index contributed by atoms with van der Waals surface area (Å²) in [4.78, 5) is 15.0. The molecule has 5 nitrogen and oxygen atoms in total. The van der Waals surface area contributed by atoms with Crippen LogP contribution in [0.1, 0.15) is 16.8 Å². The van der Waals surface area contributed by atoms with Gasteiger partial charge in [0, 0.05) is 21.0 Å². The van der Waals surface area contributed by atoms with Crippen molar-refractivity contribution in [2.24, 2.45) is 0 Å². The van der Waals surface area contributed by atoms with Crippen molar-refractivity contribution in [1.29, 1.82) is 0 Å². The average Bonchev–Trinajstić information content (AvgIpc) is 2.39. The number of nitro groups is 1. The van der Waals surface area contributed by atoms with Crippen molar-refractivity contribution < 1.29 is 4.92 Å². The molecule has 2 rings (SSSR count). The van der Waals surface area contributed by atoms with E-state index in [-0.39, 0.29) is 10.6 Å². The van der Waals surface area contributed by atoms with E-state index in [1.54, 1.807) is 20.0 Å². The van der Waals surface area contributed by atoms with Crippen LogP contribution in [-0.2, 0) is 6.54 Å². The molecule has 1 aromatic carbocycles. The van der Waals surface area contributed by atoms with Crippen molar-refractivity contribution in [2.45, 2.75) is 20.4 Å². The minimum atomic E-state index is -0.347. The van der Waals surface area contributed by atoms with Crippen LogP contribution in [0.15, 0.2) is 30.5 Å². The van der Waals surface area contributed by atoms with Crippen LogP contribution in [0.25, 0.3) is 0 Å². The molecule has 0 aliphatic heterocycles. The predicted octanol–water partition coefficient (Wildman–Crippen LogP) is 3.82. The number of halogens is 1. The second kappa shape index (κ2) is 6.17. The molecule has 0 saturated carbocycles. The molecule has 1 heterocycles. The Bertz CT molecular complexity index is 642. The molecule has 0 atom stereocenters. The number of aromatic nitrogens is 1. The summed E-state index contributed by atoms with van der Waals surface area (Å²) in [5.41, 5.74) is 3.02. The molecule has 0 amide bonds. The van der Waals surface area contributed by atoms with Crippen molar-refractivity contribution >= 4 is 34.0 Å². The third-order valence-corrected chi connectivity index (χ3v) is 3.78. The standard InChI is InChI=1S/C14H14IN3O2/c1-9-7-17-13(10(2)14(9)18(19)20)8-16-12-5-3-11(15)4-6-12/h3-7,16H,8H2,1-2H3. The maximum absolute atomic E-state index is 11.1. The summed E-state index contributed by atoms with van der Waals surface area (Å²) in [5, 5.41) is 14.3. The Kier molecular flexibility index (Phi) is 4.53. The van der Waals surface area contributed by atoms with Crippen molar-refractivity contribution in [3.05, 3.63) is 61.0 Å². The van der Waals surface area contributed by atoms with Gasteiger partial charge in [-0.05, 0) is 60.7 Å². The van der Waals surface area contributed by atoms with Crippen LogP contribution in [0.2, 0.25) is 0 Å². The first kappa shape index (κ1) is 14.7. The van der Waals surface area contributed by atoms with Crippen molar-refractivity contribution in [3.63, 3.8) is 0 Å². The first-order valence-electron chi connectivity index (χ1n) is 6.08. The van der Waals surface area contributed by atoms with Gasteiger partial charge in [-0.1, -0.05) is 0 Å². The van der Waals surface area contributed by atoms with E-state index in [1.165, 1.54) is 0 Å². The van der Waals surface area contributed by atoms with E-state index in [9.17, 15) is 10.1 Å². The quantitative estimate of drug-likeness (QED) is 0.495. The summed E-state index contributed by atoms with van der Waals surface area (Å²) >= 11 is 2.24. The molecular formula is C14H14IN3O2. The predicted molar refractivity (Wildman–Crippen MR) is 86.9 cm³/mol. The van der Waals surface area contributed by atoms with Gasteiger partial charge in [0.2, 0.25) is 0 Å². The third kappa shape index (κ3) is 3.24. The van der Waals surface area contributed by atoms with E-state index in [1.807, 2.05) is 24.3 Å². The van der Waals surface area contributed by atoms with E-state index < -0.39 is 0 Å². The van der Waals surface area contributed by atoms with Crippen LogP contribution >= 0.6 is 22.6 Å². The Balaban J connectivity index is 2.20. The maximum atomic E-state index is 11.1. The molecule has 0 aliphatic carbocycles. The number of anilines is 1. The van der Waals surface area contributed by atoms with Gasteiger partial charge in [0.05, 0.1) is 22.7 Å². The number of rotatable bonds is 4. The fourth-order valence-corrected chi connectivity index (χ4v) is 2.34. The Hall–Kier alpha value is -1.70. The van der Waals surface area contributed by atoms with Gasteiger partial charge in [-0.2, -0.15) is 0 Å². The van der Waals surface area contributed by atoms with E-state index >= 15 is 0 Å². The van der Waals surface area contributed by atoms with Gasteiger partial charge in [0.25, 0.3) is 5.69 Å². The second-order valence-electron chi connectivity index (χ2n) is 4.48. The van der Waals surface area contributed by atoms with Crippen molar-refractivity contribution in [2.75, 3.05) is 5.32 Å². The van der Waals surface area contributed by atoms with Crippen LogP contribution in [0.3, 0.4) is 0 Å². The third-order valence-electron chi connectivity index (χ3n) is 3.06. The highest BCUT2D eigenvalue weighted by molar-refractivity contribution is 14.1. The highest BCUT2D eigenvalue weighted by Gasteiger charge is 2.18. The van der Waals surface area contributed by atoms with Gasteiger partial charge in [-0.15, -0.1) is 0 Å². The van der Waals surface area contributed by atoms with Crippen LogP contribution in [0.4, 0.5) is 11.4 Å². The number of hydrogen-bond acceptors (Lipinski definition) is 4. The summed E-state index contributed by atoms with van der Waals surface area (Å²) in [5.74, 6) is 0. The van der Waals surface area contributed by atoms with Gasteiger partial charge in [-0.25, -0.2) is 0 Å². The highest BCUT2D eigenvalue weighted by atomic mass is 127. The van der Waals surface area contributed by atoms with Gasteiger partial charge in [0.15, 0.2) is 0 Å². The molecule has 0 fully saturated rings. The summed E-state index contributed by atoms with van der Waals surface area (Å²) in [6.07, 6.45) is 1.55. The lowest BCUT2D eigenvalue weighted by molar-refractivity contribution is -0.386. The molecule has 0 radical (unpaired) electrons. The zero-order chi connectivity index (χ0) is 14.7. The Labute approximate surface area is 130 Å². The van der Waals surface area contributed by atoms with E-state index in [4.69, 9.17) is 0 Å². The Morgan fingerprint density at radius 3 is 2.55 bits per heavy atom. The number of pyridine rings is 1. The van der Waals surface area contributed by atoms with Gasteiger partial charge < -0.3 is 5.32 Å². The SMILES string of the molecule is Cc1cnc(CNc2ccc(I)cc2)c(C)c1[N+](=O)[O-]. The fraction of sp³-hybridized carbons (Fsp3) is 0.214. The number of hydrogen-bond donors (Lipinski definition) is 1. The summed E-state index contributed by atoms with van der Waals surface area (Å²) in [6, 6.07) is 7.95. The monoisotopic (exact) mass is 383 g/mol. The largest absolute Gasteiger partial charge is 0.379 e. The highest BCUT2D eigenvalue weighted by Crippen LogP contribution is 2.24. The summed E-state index contributed by atoms with van der Waals surface area (Å²) in [6.45, 7) is 3.91. The molecule has 6 heteroatoms. The number of nitrogens with one attached hydrogen (secondary N) is 1. The lowest BCUT2D eigenvalue weighted by atomic mass is 10.1. The molecule has 2 aromatic rings. The minimum absolute atomic E-state index is 0.152.